The van der Waals surface area contributed by atoms with E-state index < -0.39 is 9.84 Å². The predicted molar refractivity (Wildman–Crippen MR) is 82.0 cm³/mol. The molecule has 1 fully saturated rings. The van der Waals surface area contributed by atoms with Crippen LogP contribution in [-0.2, 0) is 14.6 Å². The number of hydrogen-bond donors (Lipinski definition) is 2. The van der Waals surface area contributed by atoms with Gasteiger partial charge in [0.15, 0.2) is 0 Å². The average Bonchev–Trinajstić information content (AvgIpc) is 2.35. The smallest absolute Gasteiger partial charge is 0.147 e. The fraction of sp³-hybridized carbons (Fsp3) is 1.00. The number of nitrogens with one attached hydrogen (secondary N) is 1. The van der Waals surface area contributed by atoms with E-state index in [1.807, 2.05) is 0 Å². The van der Waals surface area contributed by atoms with Gasteiger partial charge in [0.25, 0.3) is 0 Å². The van der Waals surface area contributed by atoms with Gasteiger partial charge < -0.3 is 4.74 Å². The monoisotopic (exact) mass is 306 g/mol. The quantitative estimate of drug-likeness (QED) is 0.552. The minimum atomic E-state index is -2.91. The van der Waals surface area contributed by atoms with Gasteiger partial charge in [0.05, 0.1) is 11.6 Å². The van der Waals surface area contributed by atoms with Crippen molar-refractivity contribution in [2.75, 3.05) is 19.1 Å². The molecule has 120 valence electrons. The van der Waals surface area contributed by atoms with Crippen LogP contribution < -0.4 is 11.3 Å². The van der Waals surface area contributed by atoms with Gasteiger partial charge in [-0.15, -0.1) is 0 Å². The summed E-state index contributed by atoms with van der Waals surface area (Å²) in [6.45, 7) is 4.56. The lowest BCUT2D eigenvalue weighted by Crippen LogP contribution is -2.56. The molecule has 3 N–H and O–H groups in total. The molecule has 0 aromatic carbocycles. The van der Waals surface area contributed by atoms with Crippen molar-refractivity contribution in [3.63, 3.8) is 0 Å². The first kappa shape index (κ1) is 17.9. The maximum atomic E-state index is 11.2. The standard InChI is InChI=1S/C14H30N2O3S/c1-13(2)7-9-14(19-3,10-8-13)12(16-15)6-5-11-20(4,17)18/h12,16H,5-11,15H2,1-4H3. The summed E-state index contributed by atoms with van der Waals surface area (Å²) >= 11 is 0. The summed E-state index contributed by atoms with van der Waals surface area (Å²) in [7, 11) is -1.18. The van der Waals surface area contributed by atoms with Crippen molar-refractivity contribution in [1.82, 2.24) is 5.43 Å². The fourth-order valence-electron chi connectivity index (χ4n) is 3.09. The molecule has 1 unspecified atom stereocenters. The lowest BCUT2D eigenvalue weighted by atomic mass is 9.68. The SMILES string of the molecule is COC1(C(CCCS(C)(=O)=O)NN)CCC(C)(C)CC1. The number of ether oxygens (including phenoxy) is 1. The van der Waals surface area contributed by atoms with Crippen LogP contribution >= 0.6 is 0 Å². The summed E-state index contributed by atoms with van der Waals surface area (Å²) in [5.41, 5.74) is 2.95. The van der Waals surface area contributed by atoms with Crippen molar-refractivity contribution in [3.8, 4) is 0 Å². The van der Waals surface area contributed by atoms with Crippen molar-refractivity contribution >= 4 is 9.84 Å². The zero-order valence-corrected chi connectivity index (χ0v) is 14.1. The first-order chi connectivity index (χ1) is 9.14. The zero-order chi connectivity index (χ0) is 15.4. The Hall–Kier alpha value is -0.170. The highest BCUT2D eigenvalue weighted by atomic mass is 32.2. The van der Waals surface area contributed by atoms with Gasteiger partial charge in [-0.3, -0.25) is 11.3 Å². The second-order valence-corrected chi connectivity index (χ2v) is 9.18. The molecular weight excluding hydrogens is 276 g/mol. The number of methoxy groups -OCH3 is 1. The van der Waals surface area contributed by atoms with E-state index in [1.165, 1.54) is 6.26 Å². The van der Waals surface area contributed by atoms with Crippen LogP contribution in [0.5, 0.6) is 0 Å². The minimum Gasteiger partial charge on any atom is -0.377 e. The van der Waals surface area contributed by atoms with E-state index in [9.17, 15) is 8.42 Å². The lowest BCUT2D eigenvalue weighted by Gasteiger charge is -2.47. The lowest BCUT2D eigenvalue weighted by molar-refractivity contribution is -0.0880. The van der Waals surface area contributed by atoms with E-state index in [0.717, 1.165) is 32.1 Å². The molecule has 1 aliphatic carbocycles. The highest BCUT2D eigenvalue weighted by Gasteiger charge is 2.43. The summed E-state index contributed by atoms with van der Waals surface area (Å²) in [6.07, 6.45) is 6.73. The molecule has 0 aliphatic heterocycles. The molecule has 6 heteroatoms. The molecule has 0 radical (unpaired) electrons. The molecule has 0 aromatic heterocycles. The van der Waals surface area contributed by atoms with Gasteiger partial charge in [0, 0.05) is 19.1 Å². The van der Waals surface area contributed by atoms with E-state index in [2.05, 4.69) is 19.3 Å². The summed E-state index contributed by atoms with van der Waals surface area (Å²) in [4.78, 5) is 0. The Bertz CT molecular complexity index is 397. The Kier molecular flexibility index (Phi) is 6.01. The van der Waals surface area contributed by atoms with Crippen molar-refractivity contribution in [2.24, 2.45) is 11.3 Å². The van der Waals surface area contributed by atoms with E-state index >= 15 is 0 Å². The first-order valence-corrected chi connectivity index (χ1v) is 9.39. The first-order valence-electron chi connectivity index (χ1n) is 7.33. The third kappa shape index (κ3) is 4.98. The topological polar surface area (TPSA) is 81.4 Å². The molecule has 1 atom stereocenters. The average molecular weight is 306 g/mol. The molecule has 1 aliphatic rings. The summed E-state index contributed by atoms with van der Waals surface area (Å²) in [6, 6.07) is 0.00495. The van der Waals surface area contributed by atoms with Crippen molar-refractivity contribution in [2.45, 2.75) is 64.0 Å². The molecular formula is C14H30N2O3S. The van der Waals surface area contributed by atoms with E-state index in [-0.39, 0.29) is 17.4 Å². The van der Waals surface area contributed by atoms with Crippen LogP contribution in [0.3, 0.4) is 0 Å². The Morgan fingerprint density at radius 2 is 1.80 bits per heavy atom. The number of rotatable bonds is 7. The third-order valence-corrected chi connectivity index (χ3v) is 5.73. The van der Waals surface area contributed by atoms with E-state index in [1.54, 1.807) is 7.11 Å². The number of sulfone groups is 1. The number of hydrogen-bond acceptors (Lipinski definition) is 5. The van der Waals surface area contributed by atoms with Crippen LogP contribution in [0.1, 0.15) is 52.4 Å². The van der Waals surface area contributed by atoms with Gasteiger partial charge in [-0.1, -0.05) is 13.8 Å². The van der Waals surface area contributed by atoms with Crippen LogP contribution in [0.25, 0.3) is 0 Å². The molecule has 0 saturated heterocycles. The highest BCUT2D eigenvalue weighted by Crippen LogP contribution is 2.43. The van der Waals surface area contributed by atoms with Crippen molar-refractivity contribution < 1.29 is 13.2 Å². The second-order valence-electron chi connectivity index (χ2n) is 6.92. The van der Waals surface area contributed by atoms with Crippen molar-refractivity contribution in [3.05, 3.63) is 0 Å². The molecule has 0 aromatic rings. The summed E-state index contributed by atoms with van der Waals surface area (Å²) < 4.78 is 28.3. The molecule has 0 amide bonds. The molecule has 20 heavy (non-hydrogen) atoms. The van der Waals surface area contributed by atoms with Gasteiger partial charge >= 0.3 is 0 Å². The molecule has 0 heterocycles. The van der Waals surface area contributed by atoms with Crippen LogP contribution in [0.2, 0.25) is 0 Å². The van der Waals surface area contributed by atoms with Gasteiger partial charge in [-0.25, -0.2) is 8.42 Å². The molecule has 1 rings (SSSR count). The van der Waals surface area contributed by atoms with Crippen LogP contribution in [0.15, 0.2) is 0 Å². The second kappa shape index (κ2) is 6.73. The maximum absolute atomic E-state index is 11.2. The summed E-state index contributed by atoms with van der Waals surface area (Å²) in [5.74, 6) is 5.91. The fourth-order valence-corrected chi connectivity index (χ4v) is 3.78. The Morgan fingerprint density at radius 1 is 1.25 bits per heavy atom. The number of nitrogens with two attached hydrogens (primary N) is 1. The Labute approximate surface area is 123 Å². The third-order valence-electron chi connectivity index (χ3n) is 4.70. The Balaban J connectivity index is 2.65. The molecule has 0 bridgehead atoms. The van der Waals surface area contributed by atoms with E-state index in [0.29, 0.717) is 11.8 Å². The summed E-state index contributed by atoms with van der Waals surface area (Å²) in [5, 5.41) is 0. The van der Waals surface area contributed by atoms with Crippen LogP contribution in [0, 0.1) is 5.41 Å². The zero-order valence-electron chi connectivity index (χ0n) is 13.2. The normalized spacial score (nSPS) is 23.4. The largest absolute Gasteiger partial charge is 0.377 e. The minimum absolute atomic E-state index is 0.00495. The van der Waals surface area contributed by atoms with Crippen LogP contribution in [-0.4, -0.2) is 39.2 Å². The Morgan fingerprint density at radius 3 is 2.20 bits per heavy atom. The predicted octanol–water partition coefficient (Wildman–Crippen LogP) is 1.63. The highest BCUT2D eigenvalue weighted by molar-refractivity contribution is 7.90. The molecule has 1 saturated carbocycles. The van der Waals surface area contributed by atoms with Gasteiger partial charge in [0.1, 0.15) is 9.84 Å². The maximum Gasteiger partial charge on any atom is 0.147 e. The van der Waals surface area contributed by atoms with E-state index in [4.69, 9.17) is 10.6 Å². The number of hydrazine groups is 1. The van der Waals surface area contributed by atoms with Gasteiger partial charge in [-0.2, -0.15) is 0 Å². The molecule has 0 spiro atoms. The van der Waals surface area contributed by atoms with Crippen LogP contribution in [0.4, 0.5) is 0 Å². The molecule has 5 nitrogen and oxygen atoms in total. The van der Waals surface area contributed by atoms with Gasteiger partial charge in [-0.05, 0) is 43.9 Å². The van der Waals surface area contributed by atoms with Crippen molar-refractivity contribution in [1.29, 1.82) is 0 Å². The van der Waals surface area contributed by atoms with Gasteiger partial charge in [0.2, 0.25) is 0 Å².